The summed E-state index contributed by atoms with van der Waals surface area (Å²) in [6, 6.07) is 10.2. The summed E-state index contributed by atoms with van der Waals surface area (Å²) in [4.78, 5) is 155. The molecule has 2 saturated heterocycles. The molecule has 2 fully saturated rings. The minimum Gasteiger partial charge on any atom is -0.508 e. The zero-order valence-corrected chi connectivity index (χ0v) is 58.0. The molecule has 3 aliphatic heterocycles. The van der Waals surface area contributed by atoms with Crippen molar-refractivity contribution >= 4 is 104 Å². The van der Waals surface area contributed by atoms with Crippen molar-refractivity contribution in [2.24, 2.45) is 17.4 Å². The van der Waals surface area contributed by atoms with Crippen LogP contribution in [0.4, 0.5) is 8.78 Å². The minimum atomic E-state index is -1.77. The van der Waals surface area contributed by atoms with Gasteiger partial charge in [-0.2, -0.15) is 23.5 Å². The first kappa shape index (κ1) is 75.1. The number of amides is 10. The average molecular weight is 1420 g/mol. The molecule has 6 aromatic rings. The number of rotatable bonds is 13. The van der Waals surface area contributed by atoms with Gasteiger partial charge in [0.15, 0.2) is 0 Å². The fraction of sp³-hybridized carbons (Fsp3) is 0.465. The quantitative estimate of drug-likeness (QED) is 0.0734. The zero-order chi connectivity index (χ0) is 71.9. The van der Waals surface area contributed by atoms with Gasteiger partial charge in [0, 0.05) is 96.0 Å². The highest BCUT2D eigenvalue weighted by atomic mass is 32.2. The Bertz CT molecular complexity index is 3970. The number of aromatic hydroxyl groups is 1. The first-order chi connectivity index (χ1) is 47.8. The molecule has 25 nitrogen and oxygen atoms in total. The molecule has 10 atom stereocenters. The zero-order valence-electron chi connectivity index (χ0n) is 56.3. The van der Waals surface area contributed by atoms with E-state index in [0.717, 1.165) is 11.1 Å². The number of thioether (sulfide) groups is 2. The second kappa shape index (κ2) is 34.3. The van der Waals surface area contributed by atoms with E-state index in [1.807, 2.05) is 24.3 Å². The summed E-state index contributed by atoms with van der Waals surface area (Å²) in [7, 11) is 0. The van der Waals surface area contributed by atoms with Gasteiger partial charge in [0.2, 0.25) is 59.1 Å². The molecule has 0 radical (unpaired) electrons. The van der Waals surface area contributed by atoms with Crippen LogP contribution in [0.1, 0.15) is 107 Å². The standard InChI is InChI=1S/C71H89F2N13O12S2/c1-39(2)60-66(94)79-54(30-44-34-76-51-20-16-46(72)32-49(44)51)64(92)80-56(31-45-35-77-52-21-17-47(73)33-50(45)52)68(96)85-25-8-13-58(85)65(93)84-61(40(3)87)67(95)81-55(29-41-14-18-48(88)19-15-41)69(97)86-26-9-23-71(86,4)70(98)82-57(62(75)90)38-100-37-43-11-7-10-42(28-43)36-99-27-22-59(89)78-53(63(91)83-60)12-5-6-24-74/h7,10-11,14-21,28,32-35,39-40,53-58,60-61,76-77,87-88H,5-6,8-9,12-13,22-27,29-31,36-38,74H2,1-4H3,(H2,75,90)(H,78,89)(H,79,94)(H,80,92)(H,81,95)(H,82,98)(H,83,91)(H,84,93)/t40-,53+,54+,55+,56+,57+,58+,60-,61+,71+/m1/s1. The lowest BCUT2D eigenvalue weighted by atomic mass is 9.95. The van der Waals surface area contributed by atoms with Gasteiger partial charge in [-0.1, -0.05) is 50.2 Å². The Morgan fingerprint density at radius 3 is 1.87 bits per heavy atom. The molecule has 2 bridgehead atoms. The summed E-state index contributed by atoms with van der Waals surface area (Å²) >= 11 is 2.83. The number of carbonyl (C=O) groups is 10. The van der Waals surface area contributed by atoms with Gasteiger partial charge in [-0.25, -0.2) is 8.78 Å². The second-order valence-corrected chi connectivity index (χ2v) is 28.6. The fourth-order valence-corrected chi connectivity index (χ4v) is 14.9. The van der Waals surface area contributed by atoms with Crippen molar-refractivity contribution in [3.63, 3.8) is 0 Å². The van der Waals surface area contributed by atoms with E-state index in [9.17, 15) is 48.2 Å². The summed E-state index contributed by atoms with van der Waals surface area (Å²) in [6.07, 6.45) is 2.57. The van der Waals surface area contributed by atoms with Crippen molar-refractivity contribution in [2.75, 3.05) is 31.1 Å². The Labute approximate surface area is 586 Å². The molecule has 4 aromatic carbocycles. The van der Waals surface area contributed by atoms with Gasteiger partial charge in [-0.05, 0) is 148 Å². The number of halogens is 2. The Hall–Kier alpha value is -9.06. The van der Waals surface area contributed by atoms with E-state index in [4.69, 9.17) is 11.5 Å². The predicted octanol–water partition coefficient (Wildman–Crippen LogP) is 3.65. The number of fused-ring (bicyclic) bond motifs is 6. The number of unbranched alkanes of at least 4 members (excludes halogenated alkanes) is 1. The summed E-state index contributed by atoms with van der Waals surface area (Å²) in [5.74, 6) is -8.34. The first-order valence-electron chi connectivity index (χ1n) is 33.7. The number of aliphatic hydroxyl groups excluding tert-OH is 1. The molecule has 2 aromatic heterocycles. The molecule has 3 aliphatic rings. The Morgan fingerprint density at radius 1 is 0.650 bits per heavy atom. The number of aliphatic hydroxyl groups is 1. The molecular weight excluding hydrogens is 1330 g/mol. The van der Waals surface area contributed by atoms with E-state index in [1.165, 1.54) is 107 Å². The van der Waals surface area contributed by atoms with Crippen LogP contribution in [0.15, 0.2) is 97.3 Å². The topological polar surface area (TPSA) is 385 Å². The van der Waals surface area contributed by atoms with Gasteiger partial charge >= 0.3 is 0 Å². The Morgan fingerprint density at radius 2 is 1.24 bits per heavy atom. The Kier molecular flexibility index (Phi) is 25.8. The number of aromatic nitrogens is 2. The summed E-state index contributed by atoms with van der Waals surface area (Å²) < 4.78 is 30.0. The molecule has 5 heterocycles. The van der Waals surface area contributed by atoms with Gasteiger partial charge in [0.05, 0.1) is 6.10 Å². The van der Waals surface area contributed by atoms with E-state index >= 15 is 18.8 Å². The third-order valence-electron chi connectivity index (χ3n) is 18.6. The smallest absolute Gasteiger partial charge is 0.246 e. The number of primary amides is 1. The maximum atomic E-state index is 15.5. The lowest BCUT2D eigenvalue weighted by Gasteiger charge is -2.37. The van der Waals surface area contributed by atoms with Gasteiger partial charge in [-0.3, -0.25) is 47.9 Å². The van der Waals surface area contributed by atoms with Crippen molar-refractivity contribution in [2.45, 2.75) is 170 Å². The molecule has 15 N–H and O–H groups in total. The second-order valence-electron chi connectivity index (χ2n) is 26.5. The third kappa shape index (κ3) is 19.1. The third-order valence-corrected chi connectivity index (χ3v) is 20.8. The summed E-state index contributed by atoms with van der Waals surface area (Å²) in [5, 5.41) is 41.7. The number of phenolic OH excluding ortho intramolecular Hbond substituents is 1. The number of benzene rings is 4. The van der Waals surface area contributed by atoms with Crippen LogP contribution in [0.25, 0.3) is 21.8 Å². The molecule has 100 heavy (non-hydrogen) atoms. The lowest BCUT2D eigenvalue weighted by molar-refractivity contribution is -0.147. The van der Waals surface area contributed by atoms with Crippen LogP contribution in [0.5, 0.6) is 5.75 Å². The van der Waals surface area contributed by atoms with E-state index in [2.05, 4.69) is 47.2 Å². The number of hydrogen-bond donors (Lipinski definition) is 13. The maximum Gasteiger partial charge on any atom is 0.246 e. The largest absolute Gasteiger partial charge is 0.508 e. The number of phenols is 1. The van der Waals surface area contributed by atoms with Crippen LogP contribution >= 0.6 is 23.5 Å². The highest BCUT2D eigenvalue weighted by molar-refractivity contribution is 7.98. The van der Waals surface area contributed by atoms with E-state index < -0.39 is 137 Å². The van der Waals surface area contributed by atoms with Crippen LogP contribution in [-0.2, 0) is 78.7 Å². The Balaban J connectivity index is 1.06. The van der Waals surface area contributed by atoms with Crippen LogP contribution < -0.4 is 48.7 Å². The molecule has 9 rings (SSSR count). The number of nitrogens with one attached hydrogen (secondary N) is 9. The van der Waals surface area contributed by atoms with Crippen molar-refractivity contribution < 1.29 is 66.9 Å². The van der Waals surface area contributed by atoms with Gasteiger partial charge in [-0.15, -0.1) is 0 Å². The molecule has 0 unspecified atom stereocenters. The SMILES string of the molecule is CC(C)[C@H]1NC(=O)[C@H](CCCCN)NC(=O)CCSCc2cccc(c2)CSC[C@@H](C(N)=O)NC(=O)[C@]2(C)CCCN2C(=O)[C@H](Cc2ccc(O)cc2)NC(=O)[C@H]([C@@H](C)O)NC(=O)[C@@H]2CCCN2C(=O)[C@H](Cc2c[nH]c3ccc(F)cc23)NC(=O)[C@H](Cc2c[nH]c3ccc(F)cc23)NC1=O. The molecule has 29 heteroatoms. The number of H-pyrrole nitrogens is 2. The van der Waals surface area contributed by atoms with Crippen molar-refractivity contribution in [1.82, 2.24) is 57.0 Å². The van der Waals surface area contributed by atoms with Gasteiger partial charge in [0.1, 0.15) is 71.3 Å². The molecular formula is C71H89F2N13O12S2. The molecule has 536 valence electrons. The fourth-order valence-electron chi connectivity index (χ4n) is 13.0. The maximum absolute atomic E-state index is 15.5. The van der Waals surface area contributed by atoms with Crippen LogP contribution in [-0.4, -0.2) is 180 Å². The van der Waals surface area contributed by atoms with Crippen molar-refractivity contribution in [3.8, 4) is 5.75 Å². The normalized spacial score (nSPS) is 24.7. The highest BCUT2D eigenvalue weighted by Crippen LogP contribution is 2.32. The first-order valence-corrected chi connectivity index (χ1v) is 36.1. The van der Waals surface area contributed by atoms with Crippen LogP contribution in [0, 0.1) is 17.6 Å². The predicted molar refractivity (Wildman–Crippen MR) is 375 cm³/mol. The van der Waals surface area contributed by atoms with Gasteiger partial charge < -0.3 is 78.7 Å². The van der Waals surface area contributed by atoms with Crippen molar-refractivity contribution in [3.05, 3.63) is 137 Å². The van der Waals surface area contributed by atoms with Gasteiger partial charge in [0.25, 0.3) is 0 Å². The van der Waals surface area contributed by atoms with E-state index in [0.29, 0.717) is 81.6 Å². The number of carbonyl (C=O) groups excluding carboxylic acids is 10. The van der Waals surface area contributed by atoms with Crippen LogP contribution in [0.2, 0.25) is 0 Å². The van der Waals surface area contributed by atoms with E-state index in [-0.39, 0.29) is 76.0 Å². The average Bonchev–Trinajstić information content (AvgIpc) is 1.57. The van der Waals surface area contributed by atoms with E-state index in [1.54, 1.807) is 27.0 Å². The molecule has 0 aliphatic carbocycles. The summed E-state index contributed by atoms with van der Waals surface area (Å²) in [5.41, 5.74) is 14.2. The highest BCUT2D eigenvalue weighted by Gasteiger charge is 2.49. The number of aromatic amines is 2. The number of hydrogen-bond acceptors (Lipinski definition) is 15. The monoisotopic (exact) mass is 1420 g/mol. The number of nitrogens with two attached hydrogens (primary N) is 2. The molecule has 0 saturated carbocycles. The summed E-state index contributed by atoms with van der Waals surface area (Å²) in [6.45, 7) is 6.44. The van der Waals surface area contributed by atoms with Crippen molar-refractivity contribution in [1.29, 1.82) is 0 Å². The molecule has 0 spiro atoms. The lowest BCUT2D eigenvalue weighted by Crippen LogP contribution is -2.64. The minimum absolute atomic E-state index is 0.0279. The number of nitrogens with zero attached hydrogens (tertiary/aromatic N) is 2. The van der Waals surface area contributed by atoms with Crippen LogP contribution in [0.3, 0.4) is 0 Å². The molecule has 10 amide bonds.